The van der Waals surface area contributed by atoms with Crippen LogP contribution < -0.4 is 10.3 Å². The highest BCUT2D eigenvalue weighted by molar-refractivity contribution is 6.34. The van der Waals surface area contributed by atoms with E-state index in [4.69, 9.17) is 25.8 Å². The summed E-state index contributed by atoms with van der Waals surface area (Å²) in [6.07, 6.45) is -0.268. The molecule has 11 heteroatoms. The number of ether oxygens (including phenoxy) is 3. The van der Waals surface area contributed by atoms with Crippen LogP contribution >= 0.6 is 11.6 Å². The Morgan fingerprint density at radius 3 is 2.54 bits per heavy atom. The predicted molar refractivity (Wildman–Crippen MR) is 142 cm³/mol. The molecule has 0 bridgehead atoms. The molecule has 0 saturated carbocycles. The Hall–Kier alpha value is -3.96. The Morgan fingerprint density at radius 2 is 1.77 bits per heavy atom. The molecule has 0 spiro atoms. The highest BCUT2D eigenvalue weighted by Gasteiger charge is 2.48. The second kappa shape index (κ2) is 9.35. The number of halogens is 2. The zero-order valence-electron chi connectivity index (χ0n) is 20.3. The van der Waals surface area contributed by atoms with Crippen molar-refractivity contribution in [2.24, 2.45) is 0 Å². The fourth-order valence-electron chi connectivity index (χ4n) is 5.17. The third-order valence-electron chi connectivity index (χ3n) is 7.14. The third-order valence-corrected chi connectivity index (χ3v) is 7.45. The van der Waals surface area contributed by atoms with Gasteiger partial charge in [0.2, 0.25) is 0 Å². The molecule has 2 aliphatic rings. The number of hydrogen-bond acceptors (Lipinski definition) is 6. The largest absolute Gasteiger partial charge is 0.456 e. The van der Waals surface area contributed by atoms with Crippen LogP contribution in [0.15, 0.2) is 71.7 Å². The Morgan fingerprint density at radius 1 is 1.00 bits per heavy atom. The van der Waals surface area contributed by atoms with Gasteiger partial charge >= 0.3 is 0 Å². The van der Waals surface area contributed by atoms with E-state index in [0.29, 0.717) is 28.7 Å². The van der Waals surface area contributed by atoms with Crippen LogP contribution in [0.3, 0.4) is 0 Å². The van der Waals surface area contributed by atoms with Gasteiger partial charge < -0.3 is 24.3 Å². The van der Waals surface area contributed by atoms with Gasteiger partial charge in [-0.25, -0.2) is 4.39 Å². The molecule has 2 saturated heterocycles. The van der Waals surface area contributed by atoms with Gasteiger partial charge in [0.15, 0.2) is 6.10 Å². The van der Waals surface area contributed by atoms with Crippen LogP contribution in [0.5, 0.6) is 6.01 Å². The molecule has 39 heavy (non-hydrogen) atoms. The molecule has 198 valence electrons. The van der Waals surface area contributed by atoms with Gasteiger partial charge in [-0.2, -0.15) is 4.98 Å². The van der Waals surface area contributed by atoms with Gasteiger partial charge in [-0.05, 0) is 41.0 Å². The van der Waals surface area contributed by atoms with Crippen LogP contribution in [0.25, 0.3) is 39.0 Å². The van der Waals surface area contributed by atoms with Gasteiger partial charge in [0.1, 0.15) is 24.1 Å². The van der Waals surface area contributed by atoms with Crippen LogP contribution in [0.1, 0.15) is 0 Å². The smallest absolute Gasteiger partial charge is 0.295 e. The summed E-state index contributed by atoms with van der Waals surface area (Å²) < 4.78 is 33.4. The number of aromatic nitrogens is 4. The van der Waals surface area contributed by atoms with Crippen molar-refractivity contribution < 1.29 is 23.7 Å². The number of aromatic amines is 2. The Kier molecular flexibility index (Phi) is 5.78. The first-order valence-corrected chi connectivity index (χ1v) is 12.8. The average Bonchev–Trinajstić information content (AvgIpc) is 3.71. The second-order valence-corrected chi connectivity index (χ2v) is 10.0. The summed E-state index contributed by atoms with van der Waals surface area (Å²) in [6, 6.07) is 17.8. The van der Waals surface area contributed by atoms with Crippen molar-refractivity contribution in [3.05, 3.63) is 88.1 Å². The van der Waals surface area contributed by atoms with Gasteiger partial charge in [-0.1, -0.05) is 41.9 Å². The van der Waals surface area contributed by atoms with Crippen LogP contribution in [0, 0.1) is 5.82 Å². The second-order valence-electron chi connectivity index (χ2n) is 9.62. The molecule has 4 atom stereocenters. The number of fused-ring (bicyclic) bond motifs is 2. The monoisotopic (exact) mass is 548 g/mol. The molecule has 3 aromatic carbocycles. The third kappa shape index (κ3) is 4.31. The van der Waals surface area contributed by atoms with Crippen molar-refractivity contribution >= 4 is 22.6 Å². The summed E-state index contributed by atoms with van der Waals surface area (Å²) in [6.45, 7) is 0.531. The summed E-state index contributed by atoms with van der Waals surface area (Å²) in [4.78, 5) is 19.1. The van der Waals surface area contributed by atoms with E-state index >= 15 is 0 Å². The van der Waals surface area contributed by atoms with E-state index in [9.17, 15) is 14.3 Å². The highest BCUT2D eigenvalue weighted by Crippen LogP contribution is 2.35. The van der Waals surface area contributed by atoms with E-state index in [1.807, 2.05) is 30.3 Å². The molecule has 9 nitrogen and oxygen atoms in total. The highest BCUT2D eigenvalue weighted by atomic mass is 35.5. The van der Waals surface area contributed by atoms with Crippen LogP contribution in [-0.2, 0) is 9.47 Å². The van der Waals surface area contributed by atoms with Crippen LogP contribution in [0.4, 0.5) is 4.39 Å². The molecular formula is C28H22ClFN4O5. The number of H-pyrrole nitrogens is 2. The zero-order valence-corrected chi connectivity index (χ0v) is 21.1. The lowest BCUT2D eigenvalue weighted by Crippen LogP contribution is -2.34. The lowest BCUT2D eigenvalue weighted by Gasteiger charge is -2.15. The molecule has 4 heterocycles. The molecule has 0 aliphatic carbocycles. The first-order valence-electron chi connectivity index (χ1n) is 12.4. The molecule has 2 aromatic heterocycles. The fraction of sp³-hybridized carbons (Fsp3) is 0.214. The predicted octanol–water partition coefficient (Wildman–Crippen LogP) is 4.07. The molecule has 0 unspecified atom stereocenters. The molecule has 3 N–H and O–H groups in total. The lowest BCUT2D eigenvalue weighted by atomic mass is 9.99. The maximum absolute atomic E-state index is 14.8. The first-order chi connectivity index (χ1) is 18.9. The maximum atomic E-state index is 14.8. The summed E-state index contributed by atoms with van der Waals surface area (Å²) in [5.41, 5.74) is 4.55. The van der Waals surface area contributed by atoms with E-state index in [0.717, 1.165) is 22.2 Å². The number of hydrogen-bond donors (Lipinski definition) is 3. The summed E-state index contributed by atoms with van der Waals surface area (Å²) in [5, 5.41) is 13.0. The van der Waals surface area contributed by atoms with Crippen molar-refractivity contribution in [2.45, 2.75) is 24.4 Å². The lowest BCUT2D eigenvalue weighted by molar-refractivity contribution is 0.00706. The number of aliphatic hydroxyl groups is 1. The Bertz CT molecular complexity index is 1750. The van der Waals surface area contributed by atoms with Gasteiger partial charge in [-0.3, -0.25) is 14.6 Å². The van der Waals surface area contributed by atoms with Crippen LogP contribution in [0.2, 0.25) is 5.02 Å². The van der Waals surface area contributed by atoms with E-state index in [-0.39, 0.29) is 36.2 Å². The van der Waals surface area contributed by atoms with Gasteiger partial charge in [0, 0.05) is 17.8 Å². The van der Waals surface area contributed by atoms with Crippen molar-refractivity contribution in [1.82, 2.24) is 19.7 Å². The van der Waals surface area contributed by atoms with Gasteiger partial charge in [0.05, 0.1) is 35.0 Å². The van der Waals surface area contributed by atoms with E-state index in [2.05, 4.69) is 15.1 Å². The number of aliphatic hydroxyl groups excluding tert-OH is 1. The summed E-state index contributed by atoms with van der Waals surface area (Å²) in [5.74, 6) is -0.455. The first kappa shape index (κ1) is 24.1. The standard InChI is InChI=1S/C28H22ClFN4O5/c29-18-11-21-20(31-28(32-21)39-24-13-38-26-23(35)12-37-27(24)26)10-17(18)15-3-1-14(2-4-15)16-5-6-22(19(30)9-16)34-8-7-25(36)33-34/h1-11,23-24,26-27,35H,12-13H2,(H,31,32)(H,33,36)/t23-,24-,26-,27-/m1/s1. The summed E-state index contributed by atoms with van der Waals surface area (Å²) >= 11 is 6.63. The molecule has 5 aromatic rings. The molecule has 2 aliphatic heterocycles. The Labute approximate surface area is 225 Å². The minimum absolute atomic E-state index is 0.225. The number of benzene rings is 3. The van der Waals surface area contributed by atoms with Crippen molar-refractivity contribution in [2.75, 3.05) is 13.2 Å². The quantitative estimate of drug-likeness (QED) is 0.305. The average molecular weight is 549 g/mol. The van der Waals surface area contributed by atoms with Gasteiger partial charge in [-0.15, -0.1) is 0 Å². The Balaban J connectivity index is 1.12. The van der Waals surface area contributed by atoms with Gasteiger partial charge in [0.25, 0.3) is 11.6 Å². The van der Waals surface area contributed by atoms with Crippen LogP contribution in [-0.4, -0.2) is 62.5 Å². The minimum Gasteiger partial charge on any atom is -0.456 e. The molecular weight excluding hydrogens is 527 g/mol. The SMILES string of the molecule is O=c1ccn(-c2ccc(-c3ccc(-c4cc5nc(O[C@@H]6CO[C@H]7[C@@H]6OC[C@H]7O)[nH]c5cc4Cl)cc3)cc2F)[nH]1. The molecule has 7 rings (SSSR count). The minimum atomic E-state index is -0.651. The van der Waals surface area contributed by atoms with Crippen molar-refractivity contribution in [3.8, 4) is 34.0 Å². The fourth-order valence-corrected chi connectivity index (χ4v) is 5.45. The zero-order chi connectivity index (χ0) is 26.7. The number of rotatable bonds is 5. The molecule has 2 fully saturated rings. The number of imidazole rings is 1. The summed E-state index contributed by atoms with van der Waals surface area (Å²) in [7, 11) is 0. The normalized spacial score (nSPS) is 22.4. The van der Waals surface area contributed by atoms with Crippen molar-refractivity contribution in [3.63, 3.8) is 0 Å². The topological polar surface area (TPSA) is 114 Å². The van der Waals surface area contributed by atoms with Crippen molar-refractivity contribution in [1.29, 1.82) is 0 Å². The van der Waals surface area contributed by atoms with E-state index in [1.165, 1.54) is 23.0 Å². The molecule has 0 amide bonds. The maximum Gasteiger partial charge on any atom is 0.295 e. The number of nitrogens with one attached hydrogen (secondary N) is 2. The number of nitrogens with zero attached hydrogens (tertiary/aromatic N) is 2. The molecule has 0 radical (unpaired) electrons. The van der Waals surface area contributed by atoms with E-state index in [1.54, 1.807) is 18.2 Å². The van der Waals surface area contributed by atoms with E-state index < -0.39 is 11.9 Å².